The van der Waals surface area contributed by atoms with Gasteiger partial charge in [-0.05, 0) is 50.2 Å². The van der Waals surface area contributed by atoms with E-state index in [1.165, 1.54) is 0 Å². The van der Waals surface area contributed by atoms with E-state index in [1.54, 1.807) is 0 Å². The third-order valence-electron chi connectivity index (χ3n) is 2.78. The Morgan fingerprint density at radius 2 is 1.88 bits per heavy atom. The molecule has 0 atom stereocenters. The minimum atomic E-state index is 0.0272. The van der Waals surface area contributed by atoms with E-state index in [-0.39, 0.29) is 5.91 Å². The zero-order valence-corrected chi connectivity index (χ0v) is 10.6. The van der Waals surface area contributed by atoms with Gasteiger partial charge in [-0.25, -0.2) is 0 Å². The quantitative estimate of drug-likeness (QED) is 0.870. The molecule has 1 aliphatic rings. The SMILES string of the molecule is O=C(NC1CCNCC1)c1ccc(Br)cc1. The number of piperidine rings is 1. The summed E-state index contributed by atoms with van der Waals surface area (Å²) >= 11 is 3.35. The molecule has 0 unspecified atom stereocenters. The molecule has 3 nitrogen and oxygen atoms in total. The maximum atomic E-state index is 11.9. The average Bonchev–Trinajstić information content (AvgIpc) is 2.31. The van der Waals surface area contributed by atoms with Gasteiger partial charge in [0.2, 0.25) is 0 Å². The largest absolute Gasteiger partial charge is 0.349 e. The first-order valence-corrected chi connectivity index (χ1v) is 6.32. The Hall–Kier alpha value is -0.870. The molecule has 1 saturated heterocycles. The lowest BCUT2D eigenvalue weighted by Gasteiger charge is -2.23. The number of hydrogen-bond donors (Lipinski definition) is 2. The number of carbonyl (C=O) groups is 1. The van der Waals surface area contributed by atoms with Crippen LogP contribution in [0.1, 0.15) is 23.2 Å². The van der Waals surface area contributed by atoms with Gasteiger partial charge < -0.3 is 10.6 Å². The van der Waals surface area contributed by atoms with Crippen molar-refractivity contribution >= 4 is 21.8 Å². The van der Waals surface area contributed by atoms with E-state index < -0.39 is 0 Å². The summed E-state index contributed by atoms with van der Waals surface area (Å²) in [5.74, 6) is 0.0272. The highest BCUT2D eigenvalue weighted by Gasteiger charge is 2.15. The van der Waals surface area contributed by atoms with Gasteiger partial charge in [-0.15, -0.1) is 0 Å². The summed E-state index contributed by atoms with van der Waals surface area (Å²) in [5, 5.41) is 6.34. The first kappa shape index (κ1) is 11.6. The average molecular weight is 283 g/mol. The van der Waals surface area contributed by atoms with Crippen molar-refractivity contribution < 1.29 is 4.79 Å². The van der Waals surface area contributed by atoms with Crippen LogP contribution in [0.3, 0.4) is 0 Å². The van der Waals surface area contributed by atoms with Crippen molar-refractivity contribution in [1.82, 2.24) is 10.6 Å². The topological polar surface area (TPSA) is 41.1 Å². The van der Waals surface area contributed by atoms with Gasteiger partial charge >= 0.3 is 0 Å². The third kappa shape index (κ3) is 3.06. The van der Waals surface area contributed by atoms with Crippen molar-refractivity contribution in [3.63, 3.8) is 0 Å². The van der Waals surface area contributed by atoms with Gasteiger partial charge in [0.05, 0.1) is 0 Å². The van der Waals surface area contributed by atoms with Crippen LogP contribution in [0.25, 0.3) is 0 Å². The van der Waals surface area contributed by atoms with E-state index in [0.29, 0.717) is 6.04 Å². The van der Waals surface area contributed by atoms with Crippen LogP contribution >= 0.6 is 15.9 Å². The molecule has 2 rings (SSSR count). The second-order valence-electron chi connectivity index (χ2n) is 4.00. The normalized spacial score (nSPS) is 17.1. The number of rotatable bonds is 2. The lowest BCUT2D eigenvalue weighted by Crippen LogP contribution is -2.42. The minimum absolute atomic E-state index is 0.0272. The Morgan fingerprint density at radius 3 is 2.50 bits per heavy atom. The number of nitrogens with one attached hydrogen (secondary N) is 2. The molecule has 86 valence electrons. The number of benzene rings is 1. The van der Waals surface area contributed by atoms with Crippen molar-refractivity contribution in [2.45, 2.75) is 18.9 Å². The predicted octanol–water partition coefficient (Wildman–Crippen LogP) is 1.93. The van der Waals surface area contributed by atoms with Crippen LogP contribution in [0.5, 0.6) is 0 Å². The summed E-state index contributed by atoms with van der Waals surface area (Å²) in [6, 6.07) is 7.76. The number of amides is 1. The Kier molecular flexibility index (Phi) is 3.96. The summed E-state index contributed by atoms with van der Waals surface area (Å²) in [7, 11) is 0. The lowest BCUT2D eigenvalue weighted by molar-refractivity contribution is 0.0929. The first-order chi connectivity index (χ1) is 7.75. The fraction of sp³-hybridized carbons (Fsp3) is 0.417. The van der Waals surface area contributed by atoms with Gasteiger partial charge in [-0.3, -0.25) is 4.79 Å². The molecule has 1 fully saturated rings. The van der Waals surface area contributed by atoms with Crippen molar-refractivity contribution in [3.05, 3.63) is 34.3 Å². The van der Waals surface area contributed by atoms with Crippen LogP contribution in [-0.2, 0) is 0 Å². The summed E-state index contributed by atoms with van der Waals surface area (Å²) in [6.45, 7) is 1.98. The van der Waals surface area contributed by atoms with E-state index in [0.717, 1.165) is 36.0 Å². The van der Waals surface area contributed by atoms with E-state index in [2.05, 4.69) is 26.6 Å². The Balaban J connectivity index is 1.94. The monoisotopic (exact) mass is 282 g/mol. The van der Waals surface area contributed by atoms with Crippen LogP contribution in [0.2, 0.25) is 0 Å². The molecule has 1 heterocycles. The summed E-state index contributed by atoms with van der Waals surface area (Å²) in [6.07, 6.45) is 2.03. The second-order valence-corrected chi connectivity index (χ2v) is 4.92. The zero-order valence-electron chi connectivity index (χ0n) is 9.00. The van der Waals surface area contributed by atoms with Crippen LogP contribution < -0.4 is 10.6 Å². The smallest absolute Gasteiger partial charge is 0.251 e. The van der Waals surface area contributed by atoms with Crippen molar-refractivity contribution in [2.75, 3.05) is 13.1 Å². The van der Waals surface area contributed by atoms with Gasteiger partial charge in [-0.2, -0.15) is 0 Å². The predicted molar refractivity (Wildman–Crippen MR) is 67.5 cm³/mol. The Bertz CT molecular complexity index is 358. The fourth-order valence-electron chi connectivity index (χ4n) is 1.84. The summed E-state index contributed by atoms with van der Waals surface area (Å²) in [4.78, 5) is 11.9. The molecule has 1 aromatic rings. The summed E-state index contributed by atoms with van der Waals surface area (Å²) < 4.78 is 0.992. The van der Waals surface area contributed by atoms with Crippen molar-refractivity contribution in [1.29, 1.82) is 0 Å². The molecule has 0 radical (unpaired) electrons. The highest BCUT2D eigenvalue weighted by molar-refractivity contribution is 9.10. The minimum Gasteiger partial charge on any atom is -0.349 e. The maximum Gasteiger partial charge on any atom is 0.251 e. The number of hydrogen-bond acceptors (Lipinski definition) is 2. The zero-order chi connectivity index (χ0) is 11.4. The van der Waals surface area contributed by atoms with Gasteiger partial charge in [0, 0.05) is 16.1 Å². The molecule has 0 aromatic heterocycles. The van der Waals surface area contributed by atoms with E-state index >= 15 is 0 Å². The Labute approximate surface area is 104 Å². The maximum absolute atomic E-state index is 11.9. The number of carbonyl (C=O) groups excluding carboxylic acids is 1. The lowest BCUT2D eigenvalue weighted by atomic mass is 10.1. The van der Waals surface area contributed by atoms with Crippen LogP contribution in [0.4, 0.5) is 0 Å². The van der Waals surface area contributed by atoms with Crippen LogP contribution in [0.15, 0.2) is 28.7 Å². The summed E-state index contributed by atoms with van der Waals surface area (Å²) in [5.41, 5.74) is 0.724. The van der Waals surface area contributed by atoms with Gasteiger partial charge in [0.1, 0.15) is 0 Å². The van der Waals surface area contributed by atoms with Crippen molar-refractivity contribution in [2.24, 2.45) is 0 Å². The standard InChI is InChI=1S/C12H15BrN2O/c13-10-3-1-9(2-4-10)12(16)15-11-5-7-14-8-6-11/h1-4,11,14H,5-8H2,(H,15,16). The van der Waals surface area contributed by atoms with Crippen molar-refractivity contribution in [3.8, 4) is 0 Å². The molecule has 0 aliphatic carbocycles. The van der Waals surface area contributed by atoms with Gasteiger partial charge in [-0.1, -0.05) is 15.9 Å². The van der Waals surface area contributed by atoms with Crippen LogP contribution in [0, 0.1) is 0 Å². The molecule has 1 aliphatic heterocycles. The molecule has 2 N–H and O–H groups in total. The number of halogens is 1. The molecular weight excluding hydrogens is 268 g/mol. The molecule has 1 aromatic carbocycles. The highest BCUT2D eigenvalue weighted by atomic mass is 79.9. The third-order valence-corrected chi connectivity index (χ3v) is 3.31. The Morgan fingerprint density at radius 1 is 1.25 bits per heavy atom. The molecular formula is C12H15BrN2O. The second kappa shape index (κ2) is 5.46. The van der Waals surface area contributed by atoms with E-state index in [1.807, 2.05) is 24.3 Å². The molecule has 16 heavy (non-hydrogen) atoms. The van der Waals surface area contributed by atoms with E-state index in [4.69, 9.17) is 0 Å². The highest BCUT2D eigenvalue weighted by Crippen LogP contribution is 2.11. The van der Waals surface area contributed by atoms with Gasteiger partial charge in [0.15, 0.2) is 0 Å². The fourth-order valence-corrected chi connectivity index (χ4v) is 2.10. The molecule has 4 heteroatoms. The molecule has 1 amide bonds. The molecule has 0 spiro atoms. The molecule has 0 saturated carbocycles. The van der Waals surface area contributed by atoms with E-state index in [9.17, 15) is 4.79 Å². The van der Waals surface area contributed by atoms with Gasteiger partial charge in [0.25, 0.3) is 5.91 Å². The molecule has 0 bridgehead atoms. The van der Waals surface area contributed by atoms with Crippen LogP contribution in [-0.4, -0.2) is 25.0 Å². The first-order valence-electron chi connectivity index (χ1n) is 5.53.